The highest BCUT2D eigenvalue weighted by molar-refractivity contribution is 5.96. The summed E-state index contributed by atoms with van der Waals surface area (Å²) < 4.78 is 5.85. The summed E-state index contributed by atoms with van der Waals surface area (Å²) in [6.07, 6.45) is 0.935. The zero-order valence-electron chi connectivity index (χ0n) is 11.0. The van der Waals surface area contributed by atoms with Crippen molar-refractivity contribution in [3.63, 3.8) is 0 Å². The highest BCUT2D eigenvalue weighted by atomic mass is 16.5. The highest BCUT2D eigenvalue weighted by Gasteiger charge is 2.06. The summed E-state index contributed by atoms with van der Waals surface area (Å²) in [7, 11) is 0. The highest BCUT2D eigenvalue weighted by Crippen LogP contribution is 2.20. The molecular formula is C16H18N2O. The van der Waals surface area contributed by atoms with Crippen molar-refractivity contribution in [1.29, 1.82) is 5.41 Å². The molecule has 0 amide bonds. The Morgan fingerprint density at radius 2 is 1.68 bits per heavy atom. The first-order chi connectivity index (χ1) is 9.22. The molecule has 0 atom stereocenters. The fourth-order valence-corrected chi connectivity index (χ4v) is 2.00. The first-order valence-corrected chi connectivity index (χ1v) is 6.35. The van der Waals surface area contributed by atoms with Gasteiger partial charge < -0.3 is 10.5 Å². The fraction of sp³-hybridized carbons (Fsp3) is 0.188. The monoisotopic (exact) mass is 254 g/mol. The van der Waals surface area contributed by atoms with E-state index < -0.39 is 0 Å². The van der Waals surface area contributed by atoms with Crippen molar-refractivity contribution in [2.75, 3.05) is 0 Å². The van der Waals surface area contributed by atoms with Crippen molar-refractivity contribution in [3.8, 4) is 5.75 Å². The maximum atomic E-state index is 7.56. The minimum absolute atomic E-state index is 0.0722. The molecular weight excluding hydrogens is 236 g/mol. The lowest BCUT2D eigenvalue weighted by Crippen LogP contribution is -2.14. The smallest absolute Gasteiger partial charge is 0.123 e. The number of nitrogens with two attached hydrogens (primary N) is 1. The van der Waals surface area contributed by atoms with Crippen LogP contribution in [0.1, 0.15) is 23.6 Å². The summed E-state index contributed by atoms with van der Waals surface area (Å²) in [6.45, 7) is 2.53. The van der Waals surface area contributed by atoms with Crippen LogP contribution in [-0.4, -0.2) is 5.84 Å². The van der Waals surface area contributed by atoms with Crippen LogP contribution in [0.25, 0.3) is 0 Å². The van der Waals surface area contributed by atoms with Gasteiger partial charge in [0.15, 0.2) is 0 Å². The van der Waals surface area contributed by atoms with E-state index in [-0.39, 0.29) is 5.84 Å². The minimum Gasteiger partial charge on any atom is -0.489 e. The van der Waals surface area contributed by atoms with Gasteiger partial charge >= 0.3 is 0 Å². The zero-order valence-corrected chi connectivity index (χ0v) is 11.0. The summed E-state index contributed by atoms with van der Waals surface area (Å²) in [4.78, 5) is 0. The number of aryl methyl sites for hydroxylation is 1. The van der Waals surface area contributed by atoms with Gasteiger partial charge in [0, 0.05) is 11.1 Å². The van der Waals surface area contributed by atoms with Crippen LogP contribution in [0.3, 0.4) is 0 Å². The molecule has 98 valence electrons. The average Bonchev–Trinajstić information content (AvgIpc) is 2.45. The van der Waals surface area contributed by atoms with E-state index in [1.54, 1.807) is 0 Å². The third-order valence-corrected chi connectivity index (χ3v) is 3.04. The molecule has 2 aromatic rings. The third-order valence-electron chi connectivity index (χ3n) is 3.04. The molecule has 3 heteroatoms. The van der Waals surface area contributed by atoms with Crippen LogP contribution in [0.5, 0.6) is 5.75 Å². The summed E-state index contributed by atoms with van der Waals surface area (Å²) in [5, 5.41) is 7.56. The van der Waals surface area contributed by atoms with Crippen LogP contribution in [-0.2, 0) is 13.0 Å². The molecule has 0 aliphatic carbocycles. The second-order valence-electron chi connectivity index (χ2n) is 4.32. The predicted molar refractivity (Wildman–Crippen MR) is 77.6 cm³/mol. The lowest BCUT2D eigenvalue weighted by atomic mass is 10.1. The Morgan fingerprint density at radius 3 is 2.37 bits per heavy atom. The molecule has 0 bridgehead atoms. The molecule has 19 heavy (non-hydrogen) atoms. The summed E-state index contributed by atoms with van der Waals surface area (Å²) in [5.74, 6) is 0.964. The number of rotatable bonds is 5. The van der Waals surface area contributed by atoms with Gasteiger partial charge in [-0.15, -0.1) is 0 Å². The number of hydrogen-bond acceptors (Lipinski definition) is 2. The molecule has 0 fully saturated rings. The van der Waals surface area contributed by atoms with Crippen molar-refractivity contribution < 1.29 is 4.74 Å². The van der Waals surface area contributed by atoms with E-state index in [2.05, 4.69) is 13.0 Å². The van der Waals surface area contributed by atoms with Crippen molar-refractivity contribution in [1.82, 2.24) is 0 Å². The Kier molecular flexibility index (Phi) is 4.18. The minimum atomic E-state index is 0.0722. The first-order valence-electron chi connectivity index (χ1n) is 6.35. The maximum Gasteiger partial charge on any atom is 0.123 e. The number of hydrogen-bond donors (Lipinski definition) is 2. The number of ether oxygens (including phenoxy) is 1. The van der Waals surface area contributed by atoms with Gasteiger partial charge in [0.25, 0.3) is 0 Å². The molecule has 0 aliphatic rings. The fourth-order valence-electron chi connectivity index (χ4n) is 2.00. The van der Waals surface area contributed by atoms with Crippen LogP contribution in [0, 0.1) is 5.41 Å². The Labute approximate surface area is 113 Å². The van der Waals surface area contributed by atoms with E-state index in [0.717, 1.165) is 23.3 Å². The van der Waals surface area contributed by atoms with Gasteiger partial charge in [-0.1, -0.05) is 49.4 Å². The molecule has 0 radical (unpaired) electrons. The van der Waals surface area contributed by atoms with Crippen LogP contribution < -0.4 is 10.5 Å². The molecule has 0 saturated carbocycles. The number of nitrogen functional groups attached to an aromatic ring is 1. The molecule has 0 aliphatic heterocycles. The predicted octanol–water partition coefficient (Wildman–Crippen LogP) is 3.11. The SMILES string of the molecule is CCc1ccccc1OCc1ccccc1C(=N)N. The van der Waals surface area contributed by atoms with Gasteiger partial charge in [0.2, 0.25) is 0 Å². The number of amidine groups is 1. The van der Waals surface area contributed by atoms with Crippen LogP contribution >= 0.6 is 0 Å². The van der Waals surface area contributed by atoms with E-state index in [9.17, 15) is 0 Å². The Morgan fingerprint density at radius 1 is 1.05 bits per heavy atom. The lowest BCUT2D eigenvalue weighted by molar-refractivity contribution is 0.303. The second kappa shape index (κ2) is 6.05. The first kappa shape index (κ1) is 13.1. The van der Waals surface area contributed by atoms with E-state index in [1.807, 2.05) is 42.5 Å². The number of nitrogens with one attached hydrogen (secondary N) is 1. The summed E-state index contributed by atoms with van der Waals surface area (Å²) >= 11 is 0. The molecule has 3 nitrogen and oxygen atoms in total. The largest absolute Gasteiger partial charge is 0.489 e. The molecule has 3 N–H and O–H groups in total. The maximum absolute atomic E-state index is 7.56. The topological polar surface area (TPSA) is 59.1 Å². The van der Waals surface area contributed by atoms with Gasteiger partial charge in [0.05, 0.1) is 0 Å². The summed E-state index contributed by atoms with van der Waals surface area (Å²) in [5.41, 5.74) is 8.41. The van der Waals surface area contributed by atoms with Crippen LogP contribution in [0.15, 0.2) is 48.5 Å². The molecule has 0 heterocycles. The molecule has 0 spiro atoms. The van der Waals surface area contributed by atoms with Crippen molar-refractivity contribution >= 4 is 5.84 Å². The number of para-hydroxylation sites is 1. The second-order valence-corrected chi connectivity index (χ2v) is 4.32. The van der Waals surface area contributed by atoms with Crippen molar-refractivity contribution in [2.24, 2.45) is 5.73 Å². The quantitative estimate of drug-likeness (QED) is 0.636. The molecule has 0 unspecified atom stereocenters. The Balaban J connectivity index is 2.17. The van der Waals surface area contributed by atoms with E-state index in [0.29, 0.717) is 6.61 Å². The van der Waals surface area contributed by atoms with E-state index >= 15 is 0 Å². The van der Waals surface area contributed by atoms with Gasteiger partial charge in [0.1, 0.15) is 18.2 Å². The van der Waals surface area contributed by atoms with E-state index in [4.69, 9.17) is 15.9 Å². The normalized spacial score (nSPS) is 10.2. The molecule has 2 aromatic carbocycles. The molecule has 0 saturated heterocycles. The molecule has 2 rings (SSSR count). The molecule has 0 aromatic heterocycles. The lowest BCUT2D eigenvalue weighted by Gasteiger charge is -2.12. The van der Waals surface area contributed by atoms with Crippen LogP contribution in [0.4, 0.5) is 0 Å². The zero-order chi connectivity index (χ0) is 13.7. The van der Waals surface area contributed by atoms with Crippen LogP contribution in [0.2, 0.25) is 0 Å². The van der Waals surface area contributed by atoms with Gasteiger partial charge in [-0.2, -0.15) is 0 Å². The van der Waals surface area contributed by atoms with Crippen molar-refractivity contribution in [2.45, 2.75) is 20.0 Å². The van der Waals surface area contributed by atoms with Gasteiger partial charge in [-0.05, 0) is 18.1 Å². The third kappa shape index (κ3) is 3.13. The summed E-state index contributed by atoms with van der Waals surface area (Å²) in [6, 6.07) is 15.6. The average molecular weight is 254 g/mol. The van der Waals surface area contributed by atoms with E-state index in [1.165, 1.54) is 5.56 Å². The van der Waals surface area contributed by atoms with Crippen molar-refractivity contribution in [3.05, 3.63) is 65.2 Å². The van der Waals surface area contributed by atoms with Gasteiger partial charge in [-0.3, -0.25) is 5.41 Å². The Hall–Kier alpha value is -2.29. The van der Waals surface area contributed by atoms with Gasteiger partial charge in [-0.25, -0.2) is 0 Å². The Bertz CT molecular complexity index is 578. The standard InChI is InChI=1S/C16H18N2O/c1-2-12-7-4-6-10-15(12)19-11-13-8-3-5-9-14(13)16(17)18/h3-10H,2,11H2,1H3,(H3,17,18). The number of benzene rings is 2.